The van der Waals surface area contributed by atoms with Crippen LogP contribution >= 0.6 is 27.3 Å². The Balaban J connectivity index is 2.49. The fourth-order valence-corrected chi connectivity index (χ4v) is 3.29. The highest BCUT2D eigenvalue weighted by molar-refractivity contribution is 9.10. The number of rotatable bonds is 2. The molecule has 0 saturated heterocycles. The van der Waals surface area contributed by atoms with Crippen LogP contribution in [0.1, 0.15) is 31.2 Å². The molecular weight excluding hydrogens is 353 g/mol. The molecule has 1 aromatic carbocycles. The molecule has 1 aromatic heterocycles. The van der Waals surface area contributed by atoms with Crippen molar-refractivity contribution in [3.05, 3.63) is 55.2 Å². The number of halogens is 4. The molecule has 2 aromatic rings. The van der Waals surface area contributed by atoms with Crippen molar-refractivity contribution in [2.75, 3.05) is 0 Å². The molecular formula is C14H10BrF3OS. The monoisotopic (exact) mass is 362 g/mol. The molecule has 0 bridgehead atoms. The number of hydrogen-bond acceptors (Lipinski definition) is 2. The van der Waals surface area contributed by atoms with Gasteiger partial charge in [-0.1, -0.05) is 15.9 Å². The maximum atomic E-state index is 12.8. The van der Waals surface area contributed by atoms with E-state index in [0.717, 1.165) is 15.8 Å². The molecule has 1 nitrogen and oxygen atoms in total. The summed E-state index contributed by atoms with van der Waals surface area (Å²) in [5.74, 6) is -0.384. The van der Waals surface area contributed by atoms with Crippen molar-refractivity contribution in [3.8, 4) is 0 Å². The lowest BCUT2D eigenvalue weighted by atomic mass is 10.0. The van der Waals surface area contributed by atoms with E-state index in [1.165, 1.54) is 23.5 Å². The lowest BCUT2D eigenvalue weighted by molar-refractivity contribution is -0.138. The van der Waals surface area contributed by atoms with Gasteiger partial charge in [0.05, 0.1) is 5.56 Å². The second-order valence-electron chi connectivity index (χ2n) is 4.35. The van der Waals surface area contributed by atoms with E-state index in [0.29, 0.717) is 5.56 Å². The van der Waals surface area contributed by atoms with Gasteiger partial charge in [0.1, 0.15) is 0 Å². The molecule has 0 N–H and O–H groups in total. The highest BCUT2D eigenvalue weighted by Gasteiger charge is 2.33. The molecule has 0 aliphatic heterocycles. The minimum absolute atomic E-state index is 0.0430. The Hall–Kier alpha value is -1.14. The van der Waals surface area contributed by atoms with E-state index in [1.807, 2.05) is 6.92 Å². The third-order valence-electron chi connectivity index (χ3n) is 2.82. The molecule has 0 unspecified atom stereocenters. The number of thiophene rings is 1. The van der Waals surface area contributed by atoms with Crippen molar-refractivity contribution < 1.29 is 18.0 Å². The minimum Gasteiger partial charge on any atom is -0.289 e. The molecule has 0 aliphatic rings. The number of hydrogen-bond donors (Lipinski definition) is 0. The summed E-state index contributed by atoms with van der Waals surface area (Å²) < 4.78 is 38.4. The van der Waals surface area contributed by atoms with E-state index in [4.69, 9.17) is 0 Å². The number of benzene rings is 1. The van der Waals surface area contributed by atoms with Gasteiger partial charge in [-0.3, -0.25) is 4.79 Å². The van der Waals surface area contributed by atoms with Crippen LogP contribution in [0.3, 0.4) is 0 Å². The minimum atomic E-state index is -4.49. The number of carbonyl (C=O) groups is 1. The molecule has 0 atom stereocenters. The Kier molecular flexibility index (Phi) is 4.07. The second kappa shape index (κ2) is 5.33. The van der Waals surface area contributed by atoms with Crippen molar-refractivity contribution in [2.24, 2.45) is 0 Å². The highest BCUT2D eigenvalue weighted by Crippen LogP contribution is 2.36. The molecule has 6 heteroatoms. The van der Waals surface area contributed by atoms with Crippen molar-refractivity contribution in [3.63, 3.8) is 0 Å². The van der Waals surface area contributed by atoms with Crippen LogP contribution in [0.5, 0.6) is 0 Å². The van der Waals surface area contributed by atoms with E-state index in [2.05, 4.69) is 15.9 Å². The molecule has 2 rings (SSSR count). The molecule has 106 valence electrons. The summed E-state index contributed by atoms with van der Waals surface area (Å²) in [4.78, 5) is 14.1. The summed E-state index contributed by atoms with van der Waals surface area (Å²) in [5, 5.41) is 0. The van der Waals surface area contributed by atoms with Gasteiger partial charge in [0.15, 0.2) is 5.78 Å². The quantitative estimate of drug-likeness (QED) is 0.655. The number of aryl methyl sites for hydroxylation is 2. The number of carbonyl (C=O) groups excluding carboxylic acids is 1. The van der Waals surface area contributed by atoms with Crippen molar-refractivity contribution in [1.82, 2.24) is 0 Å². The van der Waals surface area contributed by atoms with Gasteiger partial charge in [0.25, 0.3) is 0 Å². The molecule has 0 radical (unpaired) electrons. The Labute approximate surface area is 126 Å². The largest absolute Gasteiger partial charge is 0.417 e. The first kappa shape index (κ1) is 15.3. The van der Waals surface area contributed by atoms with Crippen molar-refractivity contribution in [1.29, 1.82) is 0 Å². The van der Waals surface area contributed by atoms with E-state index in [9.17, 15) is 18.0 Å². The summed E-state index contributed by atoms with van der Waals surface area (Å²) >= 11 is 4.31. The maximum Gasteiger partial charge on any atom is 0.417 e. The first-order valence-electron chi connectivity index (χ1n) is 5.68. The Morgan fingerprint density at radius 1 is 1.20 bits per heavy atom. The molecule has 0 aliphatic carbocycles. The van der Waals surface area contributed by atoms with Crippen LogP contribution in [0.15, 0.2) is 28.7 Å². The number of ketones is 1. The van der Waals surface area contributed by atoms with Crippen LogP contribution in [-0.4, -0.2) is 5.78 Å². The van der Waals surface area contributed by atoms with Crippen LogP contribution in [-0.2, 0) is 6.18 Å². The molecule has 0 fully saturated rings. The van der Waals surface area contributed by atoms with E-state index < -0.39 is 11.7 Å². The smallest absolute Gasteiger partial charge is 0.289 e. The van der Waals surface area contributed by atoms with Crippen LogP contribution in [0.25, 0.3) is 0 Å². The van der Waals surface area contributed by atoms with Gasteiger partial charge in [-0.05, 0) is 38.1 Å². The zero-order valence-electron chi connectivity index (χ0n) is 10.6. The topological polar surface area (TPSA) is 17.1 Å². The standard InChI is InChI=1S/C14H10BrF3OS/c1-7-5-10(8(2)20-7)13(19)9-3-4-12(15)11(6-9)14(16,17)18/h3-6H,1-2H3. The van der Waals surface area contributed by atoms with Crippen LogP contribution in [0.2, 0.25) is 0 Å². The summed E-state index contributed by atoms with van der Waals surface area (Å²) in [6.45, 7) is 3.64. The summed E-state index contributed by atoms with van der Waals surface area (Å²) in [5.41, 5.74) is -0.336. The third kappa shape index (κ3) is 2.96. The third-order valence-corrected chi connectivity index (χ3v) is 4.48. The molecule has 1 heterocycles. The van der Waals surface area contributed by atoms with Gasteiger partial charge < -0.3 is 0 Å². The van der Waals surface area contributed by atoms with Gasteiger partial charge in [0, 0.05) is 25.4 Å². The van der Waals surface area contributed by atoms with E-state index in [1.54, 1.807) is 13.0 Å². The van der Waals surface area contributed by atoms with Gasteiger partial charge in [-0.15, -0.1) is 11.3 Å². The predicted octanol–water partition coefficient (Wildman–Crippen LogP) is 5.38. The van der Waals surface area contributed by atoms with E-state index >= 15 is 0 Å². The second-order valence-corrected chi connectivity index (χ2v) is 6.66. The first-order chi connectivity index (χ1) is 9.20. The Morgan fingerprint density at radius 3 is 2.35 bits per heavy atom. The van der Waals surface area contributed by atoms with Gasteiger partial charge >= 0.3 is 6.18 Å². The zero-order chi connectivity index (χ0) is 15.1. The van der Waals surface area contributed by atoms with E-state index in [-0.39, 0.29) is 15.8 Å². The lowest BCUT2D eigenvalue weighted by Gasteiger charge is -2.10. The molecule has 0 amide bonds. The van der Waals surface area contributed by atoms with Crippen molar-refractivity contribution >= 4 is 33.0 Å². The average molecular weight is 363 g/mol. The summed E-state index contributed by atoms with van der Waals surface area (Å²) in [7, 11) is 0. The molecule has 0 spiro atoms. The summed E-state index contributed by atoms with van der Waals surface area (Å²) in [6, 6.07) is 5.25. The maximum absolute atomic E-state index is 12.8. The molecule has 20 heavy (non-hydrogen) atoms. The highest BCUT2D eigenvalue weighted by atomic mass is 79.9. The summed E-state index contributed by atoms with van der Waals surface area (Å²) in [6.07, 6.45) is -4.49. The van der Waals surface area contributed by atoms with Gasteiger partial charge in [-0.25, -0.2) is 0 Å². The molecule has 0 saturated carbocycles. The Bertz CT molecular complexity index is 674. The SMILES string of the molecule is Cc1cc(C(=O)c2ccc(Br)c(C(F)(F)F)c2)c(C)s1. The fourth-order valence-electron chi connectivity index (χ4n) is 1.90. The average Bonchev–Trinajstić information content (AvgIpc) is 2.66. The predicted molar refractivity (Wildman–Crippen MR) is 76.4 cm³/mol. The van der Waals surface area contributed by atoms with Gasteiger partial charge in [-0.2, -0.15) is 13.2 Å². The van der Waals surface area contributed by atoms with Crippen LogP contribution < -0.4 is 0 Å². The normalized spacial score (nSPS) is 11.7. The fraction of sp³-hybridized carbons (Fsp3) is 0.214. The first-order valence-corrected chi connectivity index (χ1v) is 7.29. The van der Waals surface area contributed by atoms with Gasteiger partial charge in [0.2, 0.25) is 0 Å². The van der Waals surface area contributed by atoms with Crippen LogP contribution in [0, 0.1) is 13.8 Å². The Morgan fingerprint density at radius 2 is 1.85 bits per heavy atom. The van der Waals surface area contributed by atoms with Crippen molar-refractivity contribution in [2.45, 2.75) is 20.0 Å². The lowest BCUT2D eigenvalue weighted by Crippen LogP contribution is -2.09. The van der Waals surface area contributed by atoms with Crippen LogP contribution in [0.4, 0.5) is 13.2 Å². The number of alkyl halides is 3. The zero-order valence-corrected chi connectivity index (χ0v) is 13.0.